The minimum Gasteiger partial charge on any atom is -0.356 e. The van der Waals surface area contributed by atoms with Crippen molar-refractivity contribution in [3.63, 3.8) is 0 Å². The zero-order valence-electron chi connectivity index (χ0n) is 13.9. The molecule has 6 nitrogen and oxygen atoms in total. The summed E-state index contributed by atoms with van der Waals surface area (Å²) in [6.45, 7) is 2.22. The first-order valence-electron chi connectivity index (χ1n) is 8.05. The van der Waals surface area contributed by atoms with Gasteiger partial charge in [-0.05, 0) is 36.8 Å². The Kier molecular flexibility index (Phi) is 5.50. The molecule has 2 heterocycles. The van der Waals surface area contributed by atoms with Gasteiger partial charge in [0, 0.05) is 30.4 Å². The van der Waals surface area contributed by atoms with Gasteiger partial charge in [-0.3, -0.25) is 4.79 Å². The number of carbonyl (C=O) groups excluding carboxylic acids is 1. The molecule has 130 valence electrons. The highest BCUT2D eigenvalue weighted by atomic mass is 35.5. The molecule has 3 rings (SSSR count). The predicted octanol–water partition coefficient (Wildman–Crippen LogP) is 3.17. The van der Waals surface area contributed by atoms with Crippen LogP contribution >= 0.6 is 11.6 Å². The van der Waals surface area contributed by atoms with Gasteiger partial charge in [0.15, 0.2) is 5.82 Å². The summed E-state index contributed by atoms with van der Waals surface area (Å²) in [5, 5.41) is 7.31. The van der Waals surface area contributed by atoms with Gasteiger partial charge in [-0.25, -0.2) is 0 Å². The van der Waals surface area contributed by atoms with Crippen LogP contribution in [0.4, 0.5) is 0 Å². The summed E-state index contributed by atoms with van der Waals surface area (Å²) in [4.78, 5) is 16.5. The van der Waals surface area contributed by atoms with Crippen LogP contribution in [0, 0.1) is 6.92 Å². The number of aryl methyl sites for hydroxylation is 1. The SMILES string of the molecule is Cc1noc(CCNC(=O)C[C@H](c2ccc(Cl)cc2)n2cccc2)n1. The summed E-state index contributed by atoms with van der Waals surface area (Å²) < 4.78 is 7.06. The molecule has 1 N–H and O–H groups in total. The fraction of sp³-hybridized carbons (Fsp3) is 0.278. The summed E-state index contributed by atoms with van der Waals surface area (Å²) in [6.07, 6.45) is 4.75. The molecule has 0 spiro atoms. The average molecular weight is 359 g/mol. The monoisotopic (exact) mass is 358 g/mol. The molecule has 0 fully saturated rings. The van der Waals surface area contributed by atoms with E-state index in [4.69, 9.17) is 16.1 Å². The Morgan fingerprint density at radius 1 is 1.28 bits per heavy atom. The van der Waals surface area contributed by atoms with E-state index in [2.05, 4.69) is 15.5 Å². The highest BCUT2D eigenvalue weighted by molar-refractivity contribution is 6.30. The van der Waals surface area contributed by atoms with E-state index >= 15 is 0 Å². The minimum atomic E-state index is -0.0853. The molecular weight excluding hydrogens is 340 g/mol. The molecule has 1 atom stereocenters. The standard InChI is InChI=1S/C18H19ClN4O2/c1-13-21-18(25-22-13)8-9-20-17(24)12-16(23-10-2-3-11-23)14-4-6-15(19)7-5-14/h2-7,10-11,16H,8-9,12H2,1H3,(H,20,24)/t16-/m1/s1. The maximum Gasteiger partial charge on any atom is 0.228 e. The number of nitrogens with one attached hydrogen (secondary N) is 1. The molecule has 0 aliphatic rings. The van der Waals surface area contributed by atoms with Gasteiger partial charge in [0.25, 0.3) is 0 Å². The summed E-state index contributed by atoms with van der Waals surface area (Å²) in [5.74, 6) is 1.08. The number of hydrogen-bond acceptors (Lipinski definition) is 4. The highest BCUT2D eigenvalue weighted by Gasteiger charge is 2.17. The lowest BCUT2D eigenvalue weighted by molar-refractivity contribution is -0.121. The van der Waals surface area contributed by atoms with Crippen molar-refractivity contribution in [3.05, 3.63) is 71.1 Å². The van der Waals surface area contributed by atoms with E-state index in [0.29, 0.717) is 36.1 Å². The fourth-order valence-electron chi connectivity index (χ4n) is 2.63. The molecule has 0 saturated heterocycles. The van der Waals surface area contributed by atoms with Crippen molar-refractivity contribution >= 4 is 17.5 Å². The van der Waals surface area contributed by atoms with Crippen LogP contribution in [-0.4, -0.2) is 27.2 Å². The summed E-state index contributed by atoms with van der Waals surface area (Å²) >= 11 is 5.97. The normalized spacial score (nSPS) is 12.1. The van der Waals surface area contributed by atoms with E-state index in [1.54, 1.807) is 6.92 Å². The Balaban J connectivity index is 1.61. The van der Waals surface area contributed by atoms with Crippen molar-refractivity contribution in [1.82, 2.24) is 20.0 Å². The lowest BCUT2D eigenvalue weighted by Crippen LogP contribution is -2.28. The van der Waals surface area contributed by atoms with Crippen LogP contribution in [0.5, 0.6) is 0 Å². The van der Waals surface area contributed by atoms with Crippen LogP contribution in [0.3, 0.4) is 0 Å². The lowest BCUT2D eigenvalue weighted by Gasteiger charge is -2.19. The van der Waals surface area contributed by atoms with Crippen molar-refractivity contribution < 1.29 is 9.32 Å². The molecule has 0 radical (unpaired) electrons. The molecule has 7 heteroatoms. The number of benzene rings is 1. The summed E-state index contributed by atoms with van der Waals surface area (Å²) in [5.41, 5.74) is 1.03. The third-order valence-corrected chi connectivity index (χ3v) is 4.10. The van der Waals surface area contributed by atoms with Gasteiger partial charge >= 0.3 is 0 Å². The number of halogens is 1. The van der Waals surface area contributed by atoms with Crippen molar-refractivity contribution in [3.8, 4) is 0 Å². The Hall–Kier alpha value is -2.60. The van der Waals surface area contributed by atoms with Crippen LogP contribution in [0.2, 0.25) is 5.02 Å². The van der Waals surface area contributed by atoms with Crippen LogP contribution in [0.1, 0.15) is 29.7 Å². The molecule has 0 aliphatic heterocycles. The van der Waals surface area contributed by atoms with Crippen LogP contribution < -0.4 is 5.32 Å². The molecule has 25 heavy (non-hydrogen) atoms. The van der Waals surface area contributed by atoms with E-state index in [1.165, 1.54) is 0 Å². The van der Waals surface area contributed by atoms with E-state index in [-0.39, 0.29) is 11.9 Å². The van der Waals surface area contributed by atoms with Gasteiger partial charge in [0.2, 0.25) is 11.8 Å². The van der Waals surface area contributed by atoms with E-state index in [1.807, 2.05) is 53.4 Å². The zero-order chi connectivity index (χ0) is 17.6. The van der Waals surface area contributed by atoms with Gasteiger partial charge in [-0.2, -0.15) is 4.98 Å². The summed E-state index contributed by atoms with van der Waals surface area (Å²) in [7, 11) is 0. The molecule has 0 unspecified atom stereocenters. The quantitative estimate of drug-likeness (QED) is 0.704. The molecule has 1 amide bonds. The maximum atomic E-state index is 12.4. The van der Waals surface area contributed by atoms with E-state index in [0.717, 1.165) is 5.56 Å². The fourth-order valence-corrected chi connectivity index (χ4v) is 2.76. The van der Waals surface area contributed by atoms with Crippen LogP contribution in [0.25, 0.3) is 0 Å². The van der Waals surface area contributed by atoms with Gasteiger partial charge in [-0.1, -0.05) is 28.9 Å². The van der Waals surface area contributed by atoms with Crippen LogP contribution in [-0.2, 0) is 11.2 Å². The first-order valence-corrected chi connectivity index (χ1v) is 8.43. The highest BCUT2D eigenvalue weighted by Crippen LogP contribution is 2.24. The number of aromatic nitrogens is 3. The maximum absolute atomic E-state index is 12.4. The molecule has 2 aromatic heterocycles. The predicted molar refractivity (Wildman–Crippen MR) is 94.4 cm³/mol. The summed E-state index contributed by atoms with van der Waals surface area (Å²) in [6, 6.07) is 11.4. The van der Waals surface area contributed by atoms with Crippen LogP contribution in [0.15, 0.2) is 53.3 Å². The zero-order valence-corrected chi connectivity index (χ0v) is 14.6. The second-order valence-corrected chi connectivity index (χ2v) is 6.17. The van der Waals surface area contributed by atoms with Gasteiger partial charge < -0.3 is 14.4 Å². The number of rotatable bonds is 7. The third-order valence-electron chi connectivity index (χ3n) is 3.85. The second-order valence-electron chi connectivity index (χ2n) is 5.74. The van der Waals surface area contributed by atoms with Crippen molar-refractivity contribution in [2.24, 2.45) is 0 Å². The first kappa shape index (κ1) is 17.2. The third kappa shape index (κ3) is 4.70. The number of hydrogen-bond donors (Lipinski definition) is 1. The molecule has 3 aromatic rings. The Morgan fingerprint density at radius 2 is 2.00 bits per heavy atom. The average Bonchev–Trinajstić information content (AvgIpc) is 3.25. The topological polar surface area (TPSA) is 73.0 Å². The number of carbonyl (C=O) groups is 1. The smallest absolute Gasteiger partial charge is 0.228 e. The number of nitrogens with zero attached hydrogens (tertiary/aromatic N) is 3. The van der Waals surface area contributed by atoms with Crippen molar-refractivity contribution in [2.45, 2.75) is 25.8 Å². The Bertz CT molecular complexity index is 812. The van der Waals surface area contributed by atoms with Gasteiger partial charge in [0.05, 0.1) is 12.5 Å². The van der Waals surface area contributed by atoms with Crippen molar-refractivity contribution in [2.75, 3.05) is 6.54 Å². The molecule has 0 saturated carbocycles. The van der Waals surface area contributed by atoms with E-state index in [9.17, 15) is 4.79 Å². The Labute approximate surface area is 150 Å². The molecular formula is C18H19ClN4O2. The van der Waals surface area contributed by atoms with E-state index < -0.39 is 0 Å². The molecule has 0 aliphatic carbocycles. The Morgan fingerprint density at radius 3 is 2.64 bits per heavy atom. The first-order chi connectivity index (χ1) is 12.1. The molecule has 1 aromatic carbocycles. The van der Waals surface area contributed by atoms with Gasteiger partial charge in [-0.15, -0.1) is 0 Å². The van der Waals surface area contributed by atoms with Crippen molar-refractivity contribution in [1.29, 1.82) is 0 Å². The lowest BCUT2D eigenvalue weighted by atomic mass is 10.0. The second kappa shape index (κ2) is 7.98. The minimum absolute atomic E-state index is 0.0371. The largest absolute Gasteiger partial charge is 0.356 e. The van der Waals surface area contributed by atoms with Gasteiger partial charge in [0.1, 0.15) is 0 Å². The molecule has 0 bridgehead atoms. The number of amides is 1.